The molecule has 2 amide bonds. The van der Waals surface area contributed by atoms with E-state index >= 15 is 0 Å². The summed E-state index contributed by atoms with van der Waals surface area (Å²) < 4.78 is 4.49. The fourth-order valence-electron chi connectivity index (χ4n) is 2.44. The van der Waals surface area contributed by atoms with Gasteiger partial charge in [-0.1, -0.05) is 0 Å². The lowest BCUT2D eigenvalue weighted by Crippen LogP contribution is -2.39. The monoisotopic (exact) mass is 307 g/mol. The van der Waals surface area contributed by atoms with Crippen LogP contribution in [0.2, 0.25) is 0 Å². The van der Waals surface area contributed by atoms with E-state index in [0.717, 1.165) is 12.8 Å². The molecule has 120 valence electrons. The second kappa shape index (κ2) is 7.74. The van der Waals surface area contributed by atoms with E-state index in [-0.39, 0.29) is 19.1 Å². The van der Waals surface area contributed by atoms with Crippen molar-refractivity contribution in [2.24, 2.45) is 5.92 Å². The summed E-state index contributed by atoms with van der Waals surface area (Å²) >= 11 is 0. The molecule has 0 aromatic carbocycles. The molecule has 2 rings (SSSR count). The van der Waals surface area contributed by atoms with Gasteiger partial charge in [-0.15, -0.1) is 0 Å². The lowest BCUT2D eigenvalue weighted by molar-refractivity contribution is 0.0650. The minimum absolute atomic E-state index is 0.0434. The third-order valence-electron chi connectivity index (χ3n) is 3.82. The first-order chi connectivity index (χ1) is 10.6. The molecule has 2 N–H and O–H groups in total. The Morgan fingerprint density at radius 3 is 2.82 bits per heavy atom. The molecular formula is C15H21N3O4. The topological polar surface area (TPSA) is 91.8 Å². The Balaban J connectivity index is 1.97. The predicted octanol–water partition coefficient (Wildman–Crippen LogP) is 0.782. The predicted molar refractivity (Wildman–Crippen MR) is 79.2 cm³/mol. The smallest absolute Gasteiger partial charge is 0.407 e. The molecule has 7 heteroatoms. The molecule has 1 saturated heterocycles. The fraction of sp³-hybridized carbons (Fsp3) is 0.533. The number of likely N-dealkylation sites (tertiary alicyclic amines) is 1. The van der Waals surface area contributed by atoms with Gasteiger partial charge in [0.2, 0.25) is 0 Å². The molecule has 22 heavy (non-hydrogen) atoms. The van der Waals surface area contributed by atoms with E-state index in [0.29, 0.717) is 30.3 Å². The Hall–Kier alpha value is -2.15. The van der Waals surface area contributed by atoms with Gasteiger partial charge in [-0.25, -0.2) is 4.79 Å². The number of rotatable bonds is 4. The first-order valence-electron chi connectivity index (χ1n) is 7.31. The van der Waals surface area contributed by atoms with E-state index in [2.05, 4.69) is 15.0 Å². The molecule has 0 bridgehead atoms. The molecule has 2 heterocycles. The van der Waals surface area contributed by atoms with Crippen LogP contribution in [0.3, 0.4) is 0 Å². The van der Waals surface area contributed by atoms with Crippen LogP contribution in [0.1, 0.15) is 28.9 Å². The number of amides is 2. The van der Waals surface area contributed by atoms with Gasteiger partial charge in [0, 0.05) is 31.5 Å². The second-order valence-corrected chi connectivity index (χ2v) is 5.30. The molecule has 0 saturated carbocycles. The number of aliphatic hydroxyl groups excluding tert-OH is 1. The number of alkyl carbamates (subject to hydrolysis) is 1. The van der Waals surface area contributed by atoms with Gasteiger partial charge in [-0.2, -0.15) is 0 Å². The molecule has 0 unspecified atom stereocenters. The van der Waals surface area contributed by atoms with Gasteiger partial charge in [-0.05, 0) is 30.9 Å². The van der Waals surface area contributed by atoms with Crippen molar-refractivity contribution in [1.82, 2.24) is 15.2 Å². The molecule has 1 aliphatic heterocycles. The molecular weight excluding hydrogens is 286 g/mol. The maximum atomic E-state index is 12.5. The van der Waals surface area contributed by atoms with Crippen LogP contribution in [0, 0.1) is 5.92 Å². The van der Waals surface area contributed by atoms with Gasteiger partial charge < -0.3 is 20.1 Å². The van der Waals surface area contributed by atoms with Crippen molar-refractivity contribution in [2.75, 3.05) is 26.8 Å². The van der Waals surface area contributed by atoms with Crippen LogP contribution in [0.15, 0.2) is 18.3 Å². The van der Waals surface area contributed by atoms with Gasteiger partial charge in [0.25, 0.3) is 5.91 Å². The van der Waals surface area contributed by atoms with Crippen molar-refractivity contribution in [3.63, 3.8) is 0 Å². The van der Waals surface area contributed by atoms with Crippen LogP contribution < -0.4 is 5.32 Å². The van der Waals surface area contributed by atoms with E-state index in [9.17, 15) is 9.59 Å². The maximum absolute atomic E-state index is 12.5. The number of piperidine rings is 1. The molecule has 7 nitrogen and oxygen atoms in total. The summed E-state index contributed by atoms with van der Waals surface area (Å²) in [6.07, 6.45) is 2.67. The van der Waals surface area contributed by atoms with Crippen LogP contribution in [0.5, 0.6) is 0 Å². The largest absolute Gasteiger partial charge is 0.453 e. The van der Waals surface area contributed by atoms with Crippen LogP contribution in [-0.4, -0.2) is 53.8 Å². The number of nitrogens with one attached hydrogen (secondary N) is 1. The second-order valence-electron chi connectivity index (χ2n) is 5.30. The van der Waals surface area contributed by atoms with Crippen molar-refractivity contribution in [3.05, 3.63) is 29.6 Å². The highest BCUT2D eigenvalue weighted by Gasteiger charge is 2.23. The standard InChI is InChI=1S/C15H21N3O4/c1-22-15(21)17-9-13-8-12(2-5-16-13)14(20)18-6-3-11(10-19)4-7-18/h2,5,8,11,19H,3-4,6-7,9-10H2,1H3,(H,17,21). The summed E-state index contributed by atoms with van der Waals surface area (Å²) in [5.41, 5.74) is 1.15. The average molecular weight is 307 g/mol. The first-order valence-corrected chi connectivity index (χ1v) is 7.31. The number of methoxy groups -OCH3 is 1. The normalized spacial score (nSPS) is 15.5. The summed E-state index contributed by atoms with van der Waals surface area (Å²) in [6.45, 7) is 1.70. The summed E-state index contributed by atoms with van der Waals surface area (Å²) in [7, 11) is 1.29. The molecule has 1 aromatic heterocycles. The van der Waals surface area contributed by atoms with Crippen LogP contribution in [0.25, 0.3) is 0 Å². The lowest BCUT2D eigenvalue weighted by Gasteiger charge is -2.31. The number of hydrogen-bond acceptors (Lipinski definition) is 5. The van der Waals surface area contributed by atoms with E-state index < -0.39 is 6.09 Å². The van der Waals surface area contributed by atoms with Gasteiger partial charge in [-0.3, -0.25) is 9.78 Å². The molecule has 0 radical (unpaired) electrons. The number of nitrogens with zero attached hydrogens (tertiary/aromatic N) is 2. The lowest BCUT2D eigenvalue weighted by atomic mass is 9.97. The van der Waals surface area contributed by atoms with Crippen LogP contribution in [0.4, 0.5) is 4.79 Å². The van der Waals surface area contributed by atoms with E-state index in [1.165, 1.54) is 7.11 Å². The molecule has 1 fully saturated rings. The highest BCUT2D eigenvalue weighted by Crippen LogP contribution is 2.18. The average Bonchev–Trinajstić information content (AvgIpc) is 2.59. The van der Waals surface area contributed by atoms with E-state index in [1.54, 1.807) is 23.2 Å². The van der Waals surface area contributed by atoms with Crippen molar-refractivity contribution >= 4 is 12.0 Å². The Bertz CT molecular complexity index is 527. The highest BCUT2D eigenvalue weighted by atomic mass is 16.5. The highest BCUT2D eigenvalue weighted by molar-refractivity contribution is 5.94. The number of hydrogen-bond donors (Lipinski definition) is 2. The number of aliphatic hydroxyl groups is 1. The zero-order chi connectivity index (χ0) is 15.9. The Morgan fingerprint density at radius 1 is 1.45 bits per heavy atom. The molecule has 0 aliphatic carbocycles. The van der Waals surface area contributed by atoms with Crippen LogP contribution in [-0.2, 0) is 11.3 Å². The third-order valence-corrected chi connectivity index (χ3v) is 3.82. The zero-order valence-corrected chi connectivity index (χ0v) is 12.6. The number of ether oxygens (including phenoxy) is 1. The number of pyridine rings is 1. The fourth-order valence-corrected chi connectivity index (χ4v) is 2.44. The molecule has 0 atom stereocenters. The summed E-state index contributed by atoms with van der Waals surface area (Å²) in [5, 5.41) is 11.7. The Kier molecular flexibility index (Phi) is 5.71. The SMILES string of the molecule is COC(=O)NCc1cc(C(=O)N2CCC(CO)CC2)ccn1. The minimum Gasteiger partial charge on any atom is -0.453 e. The van der Waals surface area contributed by atoms with Gasteiger partial charge in [0.15, 0.2) is 0 Å². The van der Waals surface area contributed by atoms with E-state index in [4.69, 9.17) is 5.11 Å². The maximum Gasteiger partial charge on any atom is 0.407 e. The summed E-state index contributed by atoms with van der Waals surface area (Å²) in [6, 6.07) is 3.35. The van der Waals surface area contributed by atoms with Gasteiger partial charge in [0.05, 0.1) is 19.3 Å². The Labute approximate surface area is 129 Å². The van der Waals surface area contributed by atoms with Crippen molar-refractivity contribution in [3.8, 4) is 0 Å². The summed E-state index contributed by atoms with van der Waals surface area (Å²) in [5.74, 6) is 0.249. The number of aromatic nitrogens is 1. The third kappa shape index (κ3) is 4.17. The van der Waals surface area contributed by atoms with Crippen molar-refractivity contribution < 1.29 is 19.4 Å². The van der Waals surface area contributed by atoms with Crippen molar-refractivity contribution in [1.29, 1.82) is 0 Å². The van der Waals surface area contributed by atoms with Crippen LogP contribution >= 0.6 is 0 Å². The molecule has 1 aromatic rings. The van der Waals surface area contributed by atoms with Gasteiger partial charge in [0.1, 0.15) is 0 Å². The van der Waals surface area contributed by atoms with Gasteiger partial charge >= 0.3 is 6.09 Å². The summed E-state index contributed by atoms with van der Waals surface area (Å²) in [4.78, 5) is 29.4. The zero-order valence-electron chi connectivity index (χ0n) is 12.6. The quantitative estimate of drug-likeness (QED) is 0.858. The molecule has 1 aliphatic rings. The minimum atomic E-state index is -0.537. The Morgan fingerprint density at radius 2 is 2.18 bits per heavy atom. The first kappa shape index (κ1) is 16.2. The number of carbonyl (C=O) groups is 2. The van der Waals surface area contributed by atoms with Crippen molar-refractivity contribution in [2.45, 2.75) is 19.4 Å². The van der Waals surface area contributed by atoms with E-state index in [1.807, 2.05) is 0 Å². The molecule has 0 spiro atoms. The number of carbonyl (C=O) groups excluding carboxylic acids is 2.